The quantitative estimate of drug-likeness (QED) is 0.537. The van der Waals surface area contributed by atoms with Crippen LogP contribution in [0.25, 0.3) is 0 Å². The lowest BCUT2D eigenvalue weighted by atomic mass is 10.4. The van der Waals surface area contributed by atoms with Gasteiger partial charge in [0.2, 0.25) is 0 Å². The highest BCUT2D eigenvalue weighted by atomic mass is 16.4. The number of rotatable bonds is 2. The number of aliphatic carboxylic acids is 2. The van der Waals surface area contributed by atoms with E-state index in [9.17, 15) is 9.59 Å². The molecule has 0 heterocycles. The lowest BCUT2D eigenvalue weighted by Gasteiger charge is -1.79. The van der Waals surface area contributed by atoms with Crippen LogP contribution in [0.15, 0.2) is 37.5 Å². The Morgan fingerprint density at radius 3 is 0.933 bits per heavy atom. The monoisotopic (exact) mass is 218 g/mol. The van der Waals surface area contributed by atoms with Crippen LogP contribution in [0.3, 0.4) is 0 Å². The number of carboxylic acids is 2. The highest BCUT2D eigenvalue weighted by Crippen LogP contribution is 1.81. The molecule has 0 unspecified atom stereocenters. The smallest absolute Gasteiger partial charge is 0.330 e. The summed E-state index contributed by atoms with van der Waals surface area (Å²) < 4.78 is 0. The summed E-state index contributed by atoms with van der Waals surface area (Å²) in [6, 6.07) is 0. The van der Waals surface area contributed by atoms with Gasteiger partial charge in [0, 0.05) is 11.1 Å². The van der Waals surface area contributed by atoms with Crippen LogP contribution in [-0.4, -0.2) is 27.6 Å². The fourth-order valence-corrected chi connectivity index (χ4v) is 0. The van der Waals surface area contributed by atoms with E-state index in [2.05, 4.69) is 26.3 Å². The third kappa shape index (κ3) is 33.1. The van der Waals surface area contributed by atoms with Gasteiger partial charge in [0.1, 0.15) is 0 Å². The predicted molar refractivity (Wildman–Crippen MR) is 59.8 cm³/mol. The van der Waals surface area contributed by atoms with Gasteiger partial charge in [-0.05, 0) is 13.8 Å². The third-order valence-electron chi connectivity index (χ3n) is 0.730. The van der Waals surface area contributed by atoms with Crippen molar-refractivity contribution in [3.63, 3.8) is 0 Å². The van der Waals surface area contributed by atoms with E-state index in [1.807, 2.05) is 0 Å². The summed E-state index contributed by atoms with van der Waals surface area (Å²) in [7, 11) is 0. The zero-order valence-electron chi connectivity index (χ0n) is 9.04. The van der Waals surface area contributed by atoms with E-state index in [-0.39, 0.29) is 16.6 Å². The van der Waals surface area contributed by atoms with Crippen LogP contribution in [0.5, 0.6) is 0 Å². The predicted octanol–water partition coefficient (Wildman–Crippen LogP) is 1.27. The van der Waals surface area contributed by atoms with Crippen LogP contribution in [0, 0.1) is 0 Å². The van der Waals surface area contributed by atoms with E-state index in [0.717, 1.165) is 0 Å². The fourth-order valence-electron chi connectivity index (χ4n) is 0. The van der Waals surface area contributed by atoms with Crippen LogP contribution in [0.1, 0.15) is 13.8 Å². The minimum atomic E-state index is -0.935. The normalized spacial score (nSPS) is 6.27. The molecule has 0 fully saturated rings. The van der Waals surface area contributed by atoms with E-state index in [1.54, 1.807) is 0 Å². The molecule has 0 aliphatic rings. The molecule has 0 aromatic carbocycles. The maximum absolute atomic E-state index is 9.60. The van der Waals surface area contributed by atoms with Crippen molar-refractivity contribution in [1.82, 2.24) is 0 Å². The largest absolute Gasteiger partial charge is 0.478 e. The van der Waals surface area contributed by atoms with E-state index in [4.69, 9.17) is 10.2 Å². The van der Waals surface area contributed by atoms with Gasteiger partial charge in [-0.25, -0.2) is 9.59 Å². The lowest BCUT2D eigenvalue weighted by Crippen LogP contribution is -1.92. The molecule has 0 aromatic rings. The summed E-state index contributed by atoms with van der Waals surface area (Å²) in [6.07, 6.45) is 0. The molecule has 0 atom stereocenters. The first kappa shape index (κ1) is 23.2. The minimum absolute atomic E-state index is 0. The number of hydrogen-bond acceptors (Lipinski definition) is 2. The topological polar surface area (TPSA) is 106 Å². The number of carboxylic acid groups (broad SMARTS) is 2. The average Bonchev–Trinajstić information content (AvgIpc) is 2.08. The molecule has 0 aliphatic heterocycles. The Labute approximate surface area is 89.4 Å². The fraction of sp³-hybridized carbons (Fsp3) is 0.200. The molecule has 0 aliphatic carbocycles. The second-order valence-electron chi connectivity index (χ2n) is 2.17. The van der Waals surface area contributed by atoms with E-state index in [1.165, 1.54) is 13.8 Å². The molecular formula is C10H18O5. The lowest BCUT2D eigenvalue weighted by molar-refractivity contribution is -0.133. The Balaban J connectivity index is -0.0000000653. The minimum Gasteiger partial charge on any atom is -0.478 e. The first-order chi connectivity index (χ1) is 6.29. The highest BCUT2D eigenvalue weighted by Gasteiger charge is 1.90. The summed E-state index contributed by atoms with van der Waals surface area (Å²) in [6.45, 7) is 15.2. The average molecular weight is 218 g/mol. The van der Waals surface area contributed by atoms with Gasteiger partial charge in [-0.3, -0.25) is 0 Å². The van der Waals surface area contributed by atoms with Crippen LogP contribution in [-0.2, 0) is 9.59 Å². The molecule has 0 amide bonds. The molecule has 4 N–H and O–H groups in total. The number of hydrogen-bond donors (Lipinski definition) is 2. The van der Waals surface area contributed by atoms with Crippen LogP contribution < -0.4 is 0 Å². The summed E-state index contributed by atoms with van der Waals surface area (Å²) in [4.78, 5) is 19.2. The van der Waals surface area contributed by atoms with Gasteiger partial charge in [0.15, 0.2) is 0 Å². The van der Waals surface area contributed by atoms with Crippen LogP contribution >= 0.6 is 0 Å². The molecular weight excluding hydrogens is 200 g/mol. The van der Waals surface area contributed by atoms with Gasteiger partial charge in [-0.1, -0.05) is 13.2 Å². The van der Waals surface area contributed by atoms with Crippen molar-refractivity contribution in [2.75, 3.05) is 0 Å². The second-order valence-corrected chi connectivity index (χ2v) is 2.17. The van der Waals surface area contributed by atoms with Crippen LogP contribution in [0.4, 0.5) is 0 Å². The summed E-state index contributed by atoms with van der Waals surface area (Å²) >= 11 is 0. The first-order valence-electron chi connectivity index (χ1n) is 3.56. The molecule has 0 saturated heterocycles. The van der Waals surface area contributed by atoms with E-state index in [0.29, 0.717) is 0 Å². The Bertz CT molecular complexity index is 182. The Morgan fingerprint density at radius 2 is 0.933 bits per heavy atom. The molecule has 5 heteroatoms. The zero-order valence-corrected chi connectivity index (χ0v) is 9.04. The summed E-state index contributed by atoms with van der Waals surface area (Å²) in [5.41, 5.74) is 0.352. The van der Waals surface area contributed by atoms with Crippen molar-refractivity contribution in [2.45, 2.75) is 13.8 Å². The SMILES string of the molecule is C=C.C=C(C)C(=O)O.C=C(C)C(=O)O.O. The molecule has 88 valence electrons. The van der Waals surface area contributed by atoms with Crippen molar-refractivity contribution < 1.29 is 25.3 Å². The van der Waals surface area contributed by atoms with Gasteiger partial charge in [0.25, 0.3) is 0 Å². The number of carbonyl (C=O) groups is 2. The van der Waals surface area contributed by atoms with Crippen LogP contribution in [0.2, 0.25) is 0 Å². The molecule has 0 bridgehead atoms. The molecule has 0 radical (unpaired) electrons. The Kier molecular flexibility index (Phi) is 22.6. The molecule has 0 rings (SSSR count). The molecule has 15 heavy (non-hydrogen) atoms. The Hall–Kier alpha value is -1.88. The van der Waals surface area contributed by atoms with Gasteiger partial charge in [-0.2, -0.15) is 0 Å². The molecule has 5 nitrogen and oxygen atoms in total. The summed E-state index contributed by atoms with van der Waals surface area (Å²) in [5.74, 6) is -1.87. The zero-order chi connectivity index (χ0) is 12.3. The van der Waals surface area contributed by atoms with Crippen molar-refractivity contribution in [3.8, 4) is 0 Å². The van der Waals surface area contributed by atoms with Gasteiger partial charge in [0.05, 0.1) is 0 Å². The van der Waals surface area contributed by atoms with Crippen molar-refractivity contribution >= 4 is 11.9 Å². The van der Waals surface area contributed by atoms with E-state index < -0.39 is 11.9 Å². The van der Waals surface area contributed by atoms with Gasteiger partial charge >= 0.3 is 11.9 Å². The van der Waals surface area contributed by atoms with Crippen molar-refractivity contribution in [1.29, 1.82) is 0 Å². The maximum Gasteiger partial charge on any atom is 0.330 e. The first-order valence-corrected chi connectivity index (χ1v) is 3.56. The van der Waals surface area contributed by atoms with Crippen molar-refractivity contribution in [3.05, 3.63) is 37.5 Å². The Morgan fingerprint density at radius 1 is 0.867 bits per heavy atom. The molecule has 0 aromatic heterocycles. The standard InChI is InChI=1S/2C4H6O2.C2H4.H2O/c2*1-3(2)4(5)6;1-2;/h2*1H2,2H3,(H,5,6);1-2H2;1H2. The van der Waals surface area contributed by atoms with Gasteiger partial charge in [-0.15, -0.1) is 13.2 Å². The third-order valence-corrected chi connectivity index (χ3v) is 0.730. The van der Waals surface area contributed by atoms with E-state index >= 15 is 0 Å². The highest BCUT2D eigenvalue weighted by molar-refractivity contribution is 5.85. The molecule has 0 spiro atoms. The molecule has 0 saturated carbocycles. The van der Waals surface area contributed by atoms with Gasteiger partial charge < -0.3 is 15.7 Å². The summed E-state index contributed by atoms with van der Waals surface area (Å²) in [5, 5.41) is 15.8. The maximum atomic E-state index is 9.60. The van der Waals surface area contributed by atoms with Crippen molar-refractivity contribution in [2.24, 2.45) is 0 Å². The second kappa shape index (κ2) is 14.6.